The molecule has 4 rings (SSSR count). The van der Waals surface area contributed by atoms with Crippen LogP contribution < -0.4 is 5.32 Å². The Morgan fingerprint density at radius 2 is 1.88 bits per heavy atom. The SMILES string of the molecule is Cc1ccc2nc(C)c(C(=O)Nc3cc(Cl)cc4cccnc34)cc2c1. The Hall–Kier alpha value is -2.98. The molecule has 0 fully saturated rings. The molecule has 1 N–H and O–H groups in total. The van der Waals surface area contributed by atoms with Crippen molar-refractivity contribution in [3.05, 3.63) is 76.6 Å². The predicted octanol–water partition coefficient (Wildman–Crippen LogP) is 5.31. The quantitative estimate of drug-likeness (QED) is 0.526. The monoisotopic (exact) mass is 361 g/mol. The van der Waals surface area contributed by atoms with Crippen molar-refractivity contribution in [2.45, 2.75) is 13.8 Å². The largest absolute Gasteiger partial charge is 0.320 e. The molecular weight excluding hydrogens is 346 g/mol. The van der Waals surface area contributed by atoms with Crippen molar-refractivity contribution < 1.29 is 4.79 Å². The Morgan fingerprint density at radius 1 is 1.04 bits per heavy atom. The number of hydrogen-bond donors (Lipinski definition) is 1. The zero-order valence-corrected chi connectivity index (χ0v) is 15.1. The molecule has 0 saturated heterocycles. The highest BCUT2D eigenvalue weighted by Crippen LogP contribution is 2.27. The van der Waals surface area contributed by atoms with Gasteiger partial charge < -0.3 is 5.32 Å². The number of amides is 1. The Kier molecular flexibility index (Phi) is 4.05. The van der Waals surface area contributed by atoms with Gasteiger partial charge in [-0.1, -0.05) is 29.3 Å². The van der Waals surface area contributed by atoms with Crippen molar-refractivity contribution in [3.63, 3.8) is 0 Å². The number of pyridine rings is 2. The molecule has 0 aliphatic carbocycles. The van der Waals surface area contributed by atoms with Crippen LogP contribution in [0.15, 0.2) is 54.7 Å². The molecule has 0 atom stereocenters. The summed E-state index contributed by atoms with van der Waals surface area (Å²) in [5.74, 6) is -0.229. The summed E-state index contributed by atoms with van der Waals surface area (Å²) in [6.07, 6.45) is 1.69. The van der Waals surface area contributed by atoms with E-state index in [0.29, 0.717) is 27.5 Å². The predicted molar refractivity (Wildman–Crippen MR) is 106 cm³/mol. The fourth-order valence-corrected chi connectivity index (χ4v) is 3.29. The van der Waals surface area contributed by atoms with Crippen molar-refractivity contribution >= 4 is 45.0 Å². The highest BCUT2D eigenvalue weighted by atomic mass is 35.5. The number of aromatic nitrogens is 2. The van der Waals surface area contributed by atoms with E-state index < -0.39 is 0 Å². The molecule has 2 heterocycles. The van der Waals surface area contributed by atoms with Gasteiger partial charge in [0.05, 0.1) is 28.0 Å². The van der Waals surface area contributed by atoms with Gasteiger partial charge in [-0.05, 0) is 50.2 Å². The van der Waals surface area contributed by atoms with Crippen molar-refractivity contribution in [1.82, 2.24) is 9.97 Å². The summed E-state index contributed by atoms with van der Waals surface area (Å²) in [6, 6.07) is 15.2. The molecule has 0 saturated carbocycles. The third-order valence-electron chi connectivity index (χ3n) is 4.32. The van der Waals surface area contributed by atoms with Crippen molar-refractivity contribution in [1.29, 1.82) is 0 Å². The second kappa shape index (κ2) is 6.39. The number of fused-ring (bicyclic) bond motifs is 2. The average Bonchev–Trinajstić information content (AvgIpc) is 2.61. The van der Waals surface area contributed by atoms with E-state index in [1.807, 2.05) is 56.3 Å². The van der Waals surface area contributed by atoms with Crippen molar-refractivity contribution in [2.75, 3.05) is 5.32 Å². The first-order valence-corrected chi connectivity index (χ1v) is 8.63. The number of rotatable bonds is 2. The molecule has 4 aromatic rings. The number of nitrogens with zero attached hydrogens (tertiary/aromatic N) is 2. The number of halogens is 1. The number of nitrogens with one attached hydrogen (secondary N) is 1. The van der Waals surface area contributed by atoms with E-state index in [1.165, 1.54) is 0 Å². The van der Waals surface area contributed by atoms with Crippen LogP contribution in [0.1, 0.15) is 21.6 Å². The third kappa shape index (κ3) is 3.00. The molecule has 26 heavy (non-hydrogen) atoms. The number of carbonyl (C=O) groups excluding carboxylic acids is 1. The molecule has 1 amide bonds. The van der Waals surface area contributed by atoms with Crippen LogP contribution in [-0.2, 0) is 0 Å². The summed E-state index contributed by atoms with van der Waals surface area (Å²) in [4.78, 5) is 21.8. The average molecular weight is 362 g/mol. The van der Waals surface area contributed by atoms with Gasteiger partial charge in [0.25, 0.3) is 5.91 Å². The minimum absolute atomic E-state index is 0.229. The number of benzene rings is 2. The maximum absolute atomic E-state index is 12.9. The Bertz CT molecular complexity index is 1170. The van der Waals surface area contributed by atoms with E-state index in [0.717, 1.165) is 21.9 Å². The van der Waals surface area contributed by atoms with Gasteiger partial charge in [0, 0.05) is 22.0 Å². The highest BCUT2D eigenvalue weighted by Gasteiger charge is 2.14. The van der Waals surface area contributed by atoms with Gasteiger partial charge in [0.1, 0.15) is 0 Å². The van der Waals surface area contributed by atoms with Crippen molar-refractivity contribution in [2.24, 2.45) is 0 Å². The molecule has 0 unspecified atom stereocenters. The fourth-order valence-electron chi connectivity index (χ4n) is 3.06. The maximum atomic E-state index is 12.9. The molecule has 0 radical (unpaired) electrons. The summed E-state index contributed by atoms with van der Waals surface area (Å²) in [5.41, 5.74) is 4.50. The number of hydrogen-bond acceptors (Lipinski definition) is 3. The normalized spacial score (nSPS) is 11.0. The lowest BCUT2D eigenvalue weighted by Crippen LogP contribution is -2.14. The highest BCUT2D eigenvalue weighted by molar-refractivity contribution is 6.32. The fraction of sp³-hybridized carbons (Fsp3) is 0.0952. The van der Waals surface area contributed by atoms with E-state index in [9.17, 15) is 4.79 Å². The van der Waals surface area contributed by atoms with Crippen LogP contribution in [0.2, 0.25) is 5.02 Å². The molecule has 5 heteroatoms. The smallest absolute Gasteiger partial charge is 0.257 e. The summed E-state index contributed by atoms with van der Waals surface area (Å²) < 4.78 is 0. The van der Waals surface area contributed by atoms with Crippen LogP contribution in [0.4, 0.5) is 5.69 Å². The second-order valence-corrected chi connectivity index (χ2v) is 6.74. The zero-order chi connectivity index (χ0) is 18.3. The molecule has 128 valence electrons. The lowest BCUT2D eigenvalue weighted by atomic mass is 10.1. The second-order valence-electron chi connectivity index (χ2n) is 6.30. The van der Waals surface area contributed by atoms with Crippen LogP contribution in [-0.4, -0.2) is 15.9 Å². The topological polar surface area (TPSA) is 54.9 Å². The molecule has 0 aliphatic heterocycles. The Morgan fingerprint density at radius 3 is 2.73 bits per heavy atom. The third-order valence-corrected chi connectivity index (χ3v) is 4.54. The summed E-state index contributed by atoms with van der Waals surface area (Å²) in [6.45, 7) is 3.85. The lowest BCUT2D eigenvalue weighted by molar-refractivity contribution is 0.102. The molecule has 0 spiro atoms. The van der Waals surface area contributed by atoms with E-state index in [1.54, 1.807) is 12.3 Å². The summed E-state index contributed by atoms with van der Waals surface area (Å²) in [5, 5.41) is 5.30. The molecule has 0 aliphatic rings. The van der Waals surface area contributed by atoms with Crippen LogP contribution in [0.5, 0.6) is 0 Å². The molecule has 2 aromatic heterocycles. The minimum Gasteiger partial charge on any atom is -0.320 e. The lowest BCUT2D eigenvalue weighted by Gasteiger charge is -2.11. The molecule has 4 nitrogen and oxygen atoms in total. The number of carbonyl (C=O) groups is 1. The standard InChI is InChI=1S/C21H16ClN3O/c1-12-5-6-18-15(8-12)10-17(13(2)24-18)21(26)25-19-11-16(22)9-14-4-3-7-23-20(14)19/h3-11H,1-2H3,(H,25,26). The number of aryl methyl sites for hydroxylation is 2. The molecular formula is C21H16ClN3O. The van der Waals surface area contributed by atoms with Crippen LogP contribution in [0.25, 0.3) is 21.8 Å². The minimum atomic E-state index is -0.229. The van der Waals surface area contributed by atoms with Gasteiger partial charge in [0.2, 0.25) is 0 Å². The molecule has 0 bridgehead atoms. The molecule has 2 aromatic carbocycles. The van der Waals surface area contributed by atoms with Gasteiger partial charge in [-0.3, -0.25) is 14.8 Å². The van der Waals surface area contributed by atoms with Gasteiger partial charge in [-0.25, -0.2) is 0 Å². The van der Waals surface area contributed by atoms with Gasteiger partial charge in [-0.15, -0.1) is 0 Å². The van der Waals surface area contributed by atoms with E-state index in [-0.39, 0.29) is 5.91 Å². The summed E-state index contributed by atoms with van der Waals surface area (Å²) in [7, 11) is 0. The first-order valence-electron chi connectivity index (χ1n) is 8.25. The van der Waals surface area contributed by atoms with Crippen LogP contribution in [0, 0.1) is 13.8 Å². The van der Waals surface area contributed by atoms with Gasteiger partial charge >= 0.3 is 0 Å². The Balaban J connectivity index is 1.77. The first-order chi connectivity index (χ1) is 12.5. The van der Waals surface area contributed by atoms with E-state index in [4.69, 9.17) is 11.6 Å². The maximum Gasteiger partial charge on any atom is 0.257 e. The van der Waals surface area contributed by atoms with Crippen LogP contribution in [0.3, 0.4) is 0 Å². The zero-order valence-electron chi connectivity index (χ0n) is 14.4. The van der Waals surface area contributed by atoms with Crippen LogP contribution >= 0.6 is 11.6 Å². The number of anilines is 1. The van der Waals surface area contributed by atoms with Crippen molar-refractivity contribution in [3.8, 4) is 0 Å². The summed E-state index contributed by atoms with van der Waals surface area (Å²) >= 11 is 6.19. The van der Waals surface area contributed by atoms with E-state index in [2.05, 4.69) is 15.3 Å². The first kappa shape index (κ1) is 16.5. The van der Waals surface area contributed by atoms with Gasteiger partial charge in [-0.2, -0.15) is 0 Å². The Labute approximate surface area is 155 Å². The van der Waals surface area contributed by atoms with E-state index >= 15 is 0 Å². The van der Waals surface area contributed by atoms with Gasteiger partial charge in [0.15, 0.2) is 0 Å².